The molecule has 0 aromatic heterocycles. The number of halogens is 1. The van der Waals surface area contributed by atoms with E-state index in [9.17, 15) is 5.11 Å². The van der Waals surface area contributed by atoms with Crippen molar-refractivity contribution in [2.45, 2.75) is 32.0 Å². The molecule has 0 bridgehead atoms. The highest BCUT2D eigenvalue weighted by atomic mass is 79.9. The van der Waals surface area contributed by atoms with E-state index >= 15 is 0 Å². The zero-order valence-corrected chi connectivity index (χ0v) is 12.9. The summed E-state index contributed by atoms with van der Waals surface area (Å²) in [6, 6.07) is 13.7. The number of aryl methyl sites for hydroxylation is 1. The van der Waals surface area contributed by atoms with Gasteiger partial charge < -0.3 is 9.84 Å². The maximum Gasteiger partial charge on any atom is 0.120 e. The first-order valence-corrected chi connectivity index (χ1v) is 7.63. The van der Waals surface area contributed by atoms with Crippen LogP contribution in [-0.2, 0) is 0 Å². The molecule has 1 fully saturated rings. The summed E-state index contributed by atoms with van der Waals surface area (Å²) in [5.41, 5.74) is 2.88. The molecule has 1 aliphatic carbocycles. The van der Waals surface area contributed by atoms with Crippen LogP contribution in [0.15, 0.2) is 46.9 Å². The third-order valence-electron chi connectivity index (χ3n) is 3.50. The summed E-state index contributed by atoms with van der Waals surface area (Å²) >= 11 is 3.48. The highest BCUT2D eigenvalue weighted by Gasteiger charge is 2.23. The summed E-state index contributed by atoms with van der Waals surface area (Å²) in [6.45, 7) is 2.02. The van der Waals surface area contributed by atoms with Crippen molar-refractivity contribution in [1.82, 2.24) is 0 Å². The van der Waals surface area contributed by atoms with Crippen LogP contribution in [0.2, 0.25) is 0 Å². The van der Waals surface area contributed by atoms with E-state index in [1.54, 1.807) is 0 Å². The SMILES string of the molecule is Cc1cc(C(O)c2cccc(OC3CC3)c2)ccc1Br. The van der Waals surface area contributed by atoms with Crippen LogP contribution in [0.3, 0.4) is 0 Å². The lowest BCUT2D eigenvalue weighted by molar-refractivity contribution is 0.219. The predicted octanol–water partition coefficient (Wildman–Crippen LogP) is 4.38. The first kappa shape index (κ1) is 13.7. The van der Waals surface area contributed by atoms with Crippen molar-refractivity contribution in [3.63, 3.8) is 0 Å². The summed E-state index contributed by atoms with van der Waals surface area (Å²) in [5, 5.41) is 10.5. The third-order valence-corrected chi connectivity index (χ3v) is 4.39. The summed E-state index contributed by atoms with van der Waals surface area (Å²) in [6.07, 6.45) is 2.03. The summed E-state index contributed by atoms with van der Waals surface area (Å²) in [5.74, 6) is 0.845. The van der Waals surface area contributed by atoms with Gasteiger partial charge in [0.15, 0.2) is 0 Å². The standard InChI is InChI=1S/C17H17BrO2/c1-11-9-13(5-8-16(11)18)17(19)12-3-2-4-15(10-12)20-14-6-7-14/h2-5,8-10,14,17,19H,6-7H2,1H3. The topological polar surface area (TPSA) is 29.5 Å². The average Bonchev–Trinajstić information content (AvgIpc) is 3.25. The number of hydrogen-bond acceptors (Lipinski definition) is 2. The first-order valence-electron chi connectivity index (χ1n) is 6.84. The molecular weight excluding hydrogens is 316 g/mol. The minimum absolute atomic E-state index is 0.373. The van der Waals surface area contributed by atoms with Crippen molar-refractivity contribution in [2.75, 3.05) is 0 Å². The van der Waals surface area contributed by atoms with E-state index in [-0.39, 0.29) is 0 Å². The molecule has 2 aromatic rings. The van der Waals surface area contributed by atoms with E-state index in [4.69, 9.17) is 4.74 Å². The van der Waals surface area contributed by atoms with Gasteiger partial charge in [-0.15, -0.1) is 0 Å². The molecule has 0 radical (unpaired) electrons. The molecule has 0 saturated heterocycles. The van der Waals surface area contributed by atoms with Crippen LogP contribution < -0.4 is 4.74 Å². The van der Waals surface area contributed by atoms with E-state index in [2.05, 4.69) is 15.9 Å². The van der Waals surface area contributed by atoms with Gasteiger partial charge in [-0.25, -0.2) is 0 Å². The number of aliphatic hydroxyl groups is 1. The molecule has 0 heterocycles. The van der Waals surface area contributed by atoms with Crippen LogP contribution >= 0.6 is 15.9 Å². The molecular formula is C17H17BrO2. The molecule has 104 valence electrons. The summed E-state index contributed by atoms with van der Waals surface area (Å²) in [4.78, 5) is 0. The molecule has 0 spiro atoms. The van der Waals surface area contributed by atoms with Crippen molar-refractivity contribution >= 4 is 15.9 Å². The Bertz CT molecular complexity index is 620. The minimum Gasteiger partial charge on any atom is -0.490 e. The van der Waals surface area contributed by atoms with Gasteiger partial charge in [-0.2, -0.15) is 0 Å². The van der Waals surface area contributed by atoms with Gasteiger partial charge in [0.05, 0.1) is 6.10 Å². The number of hydrogen-bond donors (Lipinski definition) is 1. The Hall–Kier alpha value is -1.32. The second-order valence-corrected chi connectivity index (χ2v) is 6.16. The maximum atomic E-state index is 10.5. The highest BCUT2D eigenvalue weighted by molar-refractivity contribution is 9.10. The van der Waals surface area contributed by atoms with Crippen LogP contribution in [0.5, 0.6) is 5.75 Å². The largest absolute Gasteiger partial charge is 0.490 e. The summed E-state index contributed by atoms with van der Waals surface area (Å²) in [7, 11) is 0. The normalized spacial score (nSPS) is 15.9. The molecule has 1 saturated carbocycles. The molecule has 3 rings (SSSR count). The van der Waals surface area contributed by atoms with Gasteiger partial charge in [0.1, 0.15) is 11.9 Å². The quantitative estimate of drug-likeness (QED) is 0.900. The fraction of sp³-hybridized carbons (Fsp3) is 0.294. The molecule has 1 unspecified atom stereocenters. The second-order valence-electron chi connectivity index (χ2n) is 5.30. The lowest BCUT2D eigenvalue weighted by Gasteiger charge is -2.14. The zero-order chi connectivity index (χ0) is 14.1. The van der Waals surface area contributed by atoms with Gasteiger partial charge in [-0.3, -0.25) is 0 Å². The van der Waals surface area contributed by atoms with Crippen LogP contribution in [0.25, 0.3) is 0 Å². The first-order chi connectivity index (χ1) is 9.63. The lowest BCUT2D eigenvalue weighted by Crippen LogP contribution is -2.02. The van der Waals surface area contributed by atoms with Gasteiger partial charge in [-0.1, -0.05) is 40.2 Å². The molecule has 2 nitrogen and oxygen atoms in total. The Morgan fingerprint density at radius 1 is 1.15 bits per heavy atom. The number of benzene rings is 2. The molecule has 0 amide bonds. The monoisotopic (exact) mass is 332 g/mol. The Kier molecular flexibility index (Phi) is 3.81. The van der Waals surface area contributed by atoms with Gasteiger partial charge in [-0.05, 0) is 54.7 Å². The van der Waals surface area contributed by atoms with Crippen molar-refractivity contribution in [3.05, 3.63) is 63.6 Å². The molecule has 0 aliphatic heterocycles. The smallest absolute Gasteiger partial charge is 0.120 e. The molecule has 2 aromatic carbocycles. The van der Waals surface area contributed by atoms with E-state index in [1.807, 2.05) is 49.4 Å². The van der Waals surface area contributed by atoms with E-state index in [1.165, 1.54) is 0 Å². The number of aliphatic hydroxyl groups excluding tert-OH is 1. The summed E-state index contributed by atoms with van der Waals surface area (Å²) < 4.78 is 6.83. The Morgan fingerprint density at radius 3 is 2.60 bits per heavy atom. The van der Waals surface area contributed by atoms with Gasteiger partial charge in [0.2, 0.25) is 0 Å². The van der Waals surface area contributed by atoms with E-state index in [0.29, 0.717) is 6.10 Å². The van der Waals surface area contributed by atoms with E-state index in [0.717, 1.165) is 39.8 Å². The van der Waals surface area contributed by atoms with Crippen LogP contribution in [0.1, 0.15) is 35.6 Å². The second kappa shape index (κ2) is 5.58. The van der Waals surface area contributed by atoms with Gasteiger partial charge in [0, 0.05) is 4.47 Å². The fourth-order valence-corrected chi connectivity index (χ4v) is 2.41. The maximum absolute atomic E-state index is 10.5. The average molecular weight is 333 g/mol. The molecule has 20 heavy (non-hydrogen) atoms. The van der Waals surface area contributed by atoms with Crippen molar-refractivity contribution in [1.29, 1.82) is 0 Å². The Morgan fingerprint density at radius 2 is 1.90 bits per heavy atom. The highest BCUT2D eigenvalue weighted by Crippen LogP contribution is 2.31. The fourth-order valence-electron chi connectivity index (χ4n) is 2.17. The van der Waals surface area contributed by atoms with Crippen LogP contribution in [0.4, 0.5) is 0 Å². The predicted molar refractivity (Wildman–Crippen MR) is 83.0 cm³/mol. The van der Waals surface area contributed by atoms with Crippen LogP contribution in [-0.4, -0.2) is 11.2 Å². The van der Waals surface area contributed by atoms with Crippen molar-refractivity contribution < 1.29 is 9.84 Å². The Balaban J connectivity index is 1.84. The molecule has 1 aliphatic rings. The van der Waals surface area contributed by atoms with E-state index < -0.39 is 6.10 Å². The lowest BCUT2D eigenvalue weighted by atomic mass is 10.00. The van der Waals surface area contributed by atoms with Crippen molar-refractivity contribution in [2.24, 2.45) is 0 Å². The zero-order valence-electron chi connectivity index (χ0n) is 11.3. The minimum atomic E-state index is -0.621. The van der Waals surface area contributed by atoms with Gasteiger partial charge in [0.25, 0.3) is 0 Å². The number of rotatable bonds is 4. The van der Waals surface area contributed by atoms with Crippen LogP contribution in [0, 0.1) is 6.92 Å². The molecule has 1 N–H and O–H groups in total. The molecule has 1 atom stereocenters. The number of ether oxygens (including phenoxy) is 1. The van der Waals surface area contributed by atoms with Gasteiger partial charge >= 0.3 is 0 Å². The molecule has 3 heteroatoms. The Labute approximate surface area is 127 Å². The van der Waals surface area contributed by atoms with Crippen molar-refractivity contribution in [3.8, 4) is 5.75 Å². The third kappa shape index (κ3) is 3.05.